The van der Waals surface area contributed by atoms with Gasteiger partial charge in [0.05, 0.1) is 11.0 Å². The van der Waals surface area contributed by atoms with Gasteiger partial charge in [-0.2, -0.15) is 0 Å². The molecule has 1 amide bonds. The number of amides is 1. The van der Waals surface area contributed by atoms with Gasteiger partial charge in [-0.05, 0) is 71.3 Å². The SMILES string of the molecule is NC(=O)c1cccc2c1c1[c]cc(-c3ccc(Cl)cc3)cc1n2Cc1ccc(Br)cc1. The van der Waals surface area contributed by atoms with E-state index >= 15 is 0 Å². The summed E-state index contributed by atoms with van der Waals surface area (Å²) in [5.74, 6) is -0.441. The average Bonchev–Trinajstić information content (AvgIpc) is 3.09. The highest BCUT2D eigenvalue weighted by atomic mass is 79.9. The molecule has 0 atom stereocenters. The van der Waals surface area contributed by atoms with Crippen LogP contribution in [0.1, 0.15) is 15.9 Å². The molecule has 31 heavy (non-hydrogen) atoms. The first kappa shape index (κ1) is 19.9. The molecule has 0 unspecified atom stereocenters. The predicted molar refractivity (Wildman–Crippen MR) is 130 cm³/mol. The number of halogens is 2. The lowest BCUT2D eigenvalue weighted by atomic mass is 10.0. The lowest BCUT2D eigenvalue weighted by Gasteiger charge is -2.09. The fraction of sp³-hybridized carbons (Fsp3) is 0.0385. The number of fused-ring (bicyclic) bond motifs is 3. The summed E-state index contributed by atoms with van der Waals surface area (Å²) in [5, 5.41) is 2.42. The van der Waals surface area contributed by atoms with Crippen molar-refractivity contribution in [1.82, 2.24) is 4.57 Å². The highest BCUT2D eigenvalue weighted by molar-refractivity contribution is 9.10. The Balaban J connectivity index is 1.78. The van der Waals surface area contributed by atoms with Crippen LogP contribution in [0.25, 0.3) is 32.9 Å². The topological polar surface area (TPSA) is 48.0 Å². The molecule has 0 aliphatic carbocycles. The van der Waals surface area contributed by atoms with Crippen molar-refractivity contribution in [1.29, 1.82) is 0 Å². The molecular formula is C26H17BrClN2O. The minimum Gasteiger partial charge on any atom is -0.366 e. The van der Waals surface area contributed by atoms with E-state index in [4.69, 9.17) is 17.3 Å². The average molecular weight is 489 g/mol. The summed E-state index contributed by atoms with van der Waals surface area (Å²) in [6.07, 6.45) is 0. The van der Waals surface area contributed by atoms with E-state index in [0.29, 0.717) is 17.1 Å². The number of aromatic nitrogens is 1. The third kappa shape index (κ3) is 3.62. The predicted octanol–water partition coefficient (Wildman–Crippen LogP) is 6.82. The monoisotopic (exact) mass is 487 g/mol. The number of hydrogen-bond acceptors (Lipinski definition) is 1. The van der Waals surface area contributed by atoms with Gasteiger partial charge in [-0.3, -0.25) is 4.79 Å². The third-order valence-corrected chi connectivity index (χ3v) is 6.27. The first-order valence-electron chi connectivity index (χ1n) is 9.78. The number of carbonyl (C=O) groups is 1. The Labute approximate surface area is 193 Å². The Hall–Kier alpha value is -3.08. The van der Waals surface area contributed by atoms with E-state index in [1.165, 1.54) is 0 Å². The lowest BCUT2D eigenvalue weighted by Crippen LogP contribution is -2.11. The number of nitrogens with two attached hydrogens (primary N) is 1. The molecule has 0 saturated carbocycles. The van der Waals surface area contributed by atoms with Crippen LogP contribution in [0.15, 0.2) is 83.3 Å². The summed E-state index contributed by atoms with van der Waals surface area (Å²) in [6, 6.07) is 29.2. The molecule has 5 rings (SSSR count). The number of nitrogens with zero attached hydrogens (tertiary/aromatic N) is 1. The van der Waals surface area contributed by atoms with Gasteiger partial charge in [0.1, 0.15) is 0 Å². The van der Waals surface area contributed by atoms with Crippen LogP contribution in [-0.4, -0.2) is 10.5 Å². The zero-order valence-electron chi connectivity index (χ0n) is 16.4. The van der Waals surface area contributed by atoms with Gasteiger partial charge in [-0.15, -0.1) is 0 Å². The number of primary amides is 1. The van der Waals surface area contributed by atoms with Crippen LogP contribution < -0.4 is 5.73 Å². The second-order valence-electron chi connectivity index (χ2n) is 7.43. The minimum absolute atomic E-state index is 0.441. The van der Waals surface area contributed by atoms with Gasteiger partial charge < -0.3 is 10.3 Å². The highest BCUT2D eigenvalue weighted by Crippen LogP contribution is 2.35. The third-order valence-electron chi connectivity index (χ3n) is 5.49. The molecule has 1 radical (unpaired) electrons. The van der Waals surface area contributed by atoms with Gasteiger partial charge in [-0.25, -0.2) is 0 Å². The number of hydrogen-bond donors (Lipinski definition) is 1. The molecule has 3 nitrogen and oxygen atoms in total. The first-order chi connectivity index (χ1) is 15.0. The van der Waals surface area contributed by atoms with Gasteiger partial charge in [-0.1, -0.05) is 57.9 Å². The molecule has 1 heterocycles. The first-order valence-corrected chi connectivity index (χ1v) is 11.0. The Morgan fingerprint density at radius 1 is 0.968 bits per heavy atom. The van der Waals surface area contributed by atoms with Crippen molar-refractivity contribution in [2.24, 2.45) is 5.73 Å². The number of rotatable bonds is 4. The molecule has 2 N–H and O–H groups in total. The largest absolute Gasteiger partial charge is 0.366 e. The zero-order valence-corrected chi connectivity index (χ0v) is 18.7. The van der Waals surface area contributed by atoms with Crippen LogP contribution in [0.3, 0.4) is 0 Å². The van der Waals surface area contributed by atoms with Crippen molar-refractivity contribution in [3.63, 3.8) is 0 Å². The Morgan fingerprint density at radius 3 is 2.42 bits per heavy atom. The summed E-state index contributed by atoms with van der Waals surface area (Å²) >= 11 is 9.56. The van der Waals surface area contributed by atoms with E-state index in [2.05, 4.69) is 44.8 Å². The normalized spacial score (nSPS) is 11.3. The van der Waals surface area contributed by atoms with Gasteiger partial charge in [0, 0.05) is 32.4 Å². The molecule has 0 spiro atoms. The van der Waals surface area contributed by atoms with Gasteiger partial charge in [0.25, 0.3) is 0 Å². The quantitative estimate of drug-likeness (QED) is 0.296. The van der Waals surface area contributed by atoms with Gasteiger partial charge in [0.2, 0.25) is 5.91 Å². The number of carbonyl (C=O) groups excluding carboxylic acids is 1. The van der Waals surface area contributed by atoms with Crippen molar-refractivity contribution >= 4 is 55.2 Å². The molecule has 151 valence electrons. The van der Waals surface area contributed by atoms with Crippen LogP contribution in [0.2, 0.25) is 5.02 Å². The van der Waals surface area contributed by atoms with Crippen molar-refractivity contribution in [3.05, 3.63) is 106 Å². The van der Waals surface area contributed by atoms with E-state index in [9.17, 15) is 4.79 Å². The molecule has 0 aliphatic heterocycles. The molecule has 5 aromatic rings. The molecule has 0 bridgehead atoms. The fourth-order valence-electron chi connectivity index (χ4n) is 4.01. The Morgan fingerprint density at radius 2 is 1.71 bits per heavy atom. The molecule has 0 saturated heterocycles. The summed E-state index contributed by atoms with van der Waals surface area (Å²) in [5.41, 5.74) is 11.4. The van der Waals surface area contributed by atoms with E-state index < -0.39 is 5.91 Å². The maximum Gasteiger partial charge on any atom is 0.249 e. The van der Waals surface area contributed by atoms with E-state index in [-0.39, 0.29) is 0 Å². The highest BCUT2D eigenvalue weighted by Gasteiger charge is 2.17. The molecule has 0 fully saturated rings. The summed E-state index contributed by atoms with van der Waals surface area (Å²) in [4.78, 5) is 12.2. The maximum atomic E-state index is 12.2. The molecule has 1 aromatic heterocycles. The molecular weight excluding hydrogens is 472 g/mol. The number of benzene rings is 4. The van der Waals surface area contributed by atoms with Crippen molar-refractivity contribution < 1.29 is 4.79 Å². The molecule has 5 heteroatoms. The second-order valence-corrected chi connectivity index (χ2v) is 8.78. The van der Waals surface area contributed by atoms with Crippen LogP contribution in [0.4, 0.5) is 0 Å². The van der Waals surface area contributed by atoms with Crippen molar-refractivity contribution in [2.45, 2.75) is 6.54 Å². The summed E-state index contributed by atoms with van der Waals surface area (Å²) in [7, 11) is 0. The van der Waals surface area contributed by atoms with Crippen LogP contribution in [0.5, 0.6) is 0 Å². The van der Waals surface area contributed by atoms with E-state index in [1.54, 1.807) is 6.07 Å². The summed E-state index contributed by atoms with van der Waals surface area (Å²) in [6.45, 7) is 0.660. The minimum atomic E-state index is -0.441. The maximum absolute atomic E-state index is 12.2. The van der Waals surface area contributed by atoms with Crippen molar-refractivity contribution in [2.75, 3.05) is 0 Å². The zero-order chi connectivity index (χ0) is 21.5. The van der Waals surface area contributed by atoms with Crippen LogP contribution in [-0.2, 0) is 6.54 Å². The Kier molecular flexibility index (Phi) is 5.05. The lowest BCUT2D eigenvalue weighted by molar-refractivity contribution is 0.100. The Bertz CT molecular complexity index is 1440. The van der Waals surface area contributed by atoms with Gasteiger partial charge in [0.15, 0.2) is 0 Å². The second kappa shape index (κ2) is 7.88. The standard InChI is InChI=1S/C26H17BrClN2O/c27-19-9-4-16(5-10-19)15-30-23-3-1-2-22(26(29)31)25(23)21-13-8-18(14-24(21)30)17-6-11-20(28)12-7-17/h1-12,14H,15H2,(H2,29,31). The van der Waals surface area contributed by atoms with E-state index in [1.807, 2.05) is 54.6 Å². The molecule has 0 aliphatic rings. The smallest absolute Gasteiger partial charge is 0.249 e. The molecule has 4 aromatic carbocycles. The fourth-order valence-corrected chi connectivity index (χ4v) is 4.40. The van der Waals surface area contributed by atoms with Crippen molar-refractivity contribution in [3.8, 4) is 11.1 Å². The van der Waals surface area contributed by atoms with E-state index in [0.717, 1.165) is 43.0 Å². The van der Waals surface area contributed by atoms with Crippen LogP contribution in [0, 0.1) is 6.07 Å². The van der Waals surface area contributed by atoms with Crippen LogP contribution >= 0.6 is 27.5 Å². The van der Waals surface area contributed by atoms with Gasteiger partial charge >= 0.3 is 0 Å². The summed E-state index contributed by atoms with van der Waals surface area (Å²) < 4.78 is 3.25.